The minimum Gasteiger partial charge on any atom is -0.248 e. The van der Waals surface area contributed by atoms with Gasteiger partial charge in [-0.3, -0.25) is 0 Å². The summed E-state index contributed by atoms with van der Waals surface area (Å²) in [5.74, 6) is 0. The van der Waals surface area contributed by atoms with Crippen molar-refractivity contribution in [3.05, 3.63) is 0 Å². The molecule has 0 radical (unpaired) electrons. The van der Waals surface area contributed by atoms with Gasteiger partial charge < -0.3 is 0 Å². The maximum atomic E-state index is 8.43. The third kappa shape index (κ3) is 4.01. The SMILES string of the molecule is CC(C)(C)[PH]#N. The summed E-state index contributed by atoms with van der Waals surface area (Å²) < 4.78 is 0. The van der Waals surface area contributed by atoms with Crippen LogP contribution >= 0.6 is 8.22 Å². The Labute approximate surface area is 40.1 Å². The molecule has 0 aromatic rings. The summed E-state index contributed by atoms with van der Waals surface area (Å²) in [5.41, 5.74) is 0. The van der Waals surface area contributed by atoms with Gasteiger partial charge in [-0.25, -0.2) is 5.00 Å². The van der Waals surface area contributed by atoms with Crippen molar-refractivity contribution in [1.29, 1.82) is 5.00 Å². The first-order chi connectivity index (χ1) is 2.56. The third-order valence-corrected chi connectivity index (χ3v) is 1.01. The van der Waals surface area contributed by atoms with Gasteiger partial charge in [-0.05, 0) is 0 Å². The summed E-state index contributed by atoms with van der Waals surface area (Å²) in [6.45, 7) is 6.02. The lowest BCUT2D eigenvalue weighted by molar-refractivity contribution is 0.799. The summed E-state index contributed by atoms with van der Waals surface area (Å²) in [7, 11) is 0.0671. The molecule has 0 saturated carbocycles. The maximum absolute atomic E-state index is 8.43. The van der Waals surface area contributed by atoms with Crippen molar-refractivity contribution in [1.82, 2.24) is 0 Å². The Balaban J connectivity index is 3.55. The fraction of sp³-hybridized carbons (Fsp3) is 1.00. The molecular formula is C4H10NP. The van der Waals surface area contributed by atoms with Gasteiger partial charge in [-0.1, -0.05) is 20.8 Å². The maximum Gasteiger partial charge on any atom is 0.0354 e. The zero-order chi connectivity index (χ0) is 5.21. The van der Waals surface area contributed by atoms with Gasteiger partial charge >= 0.3 is 0 Å². The number of hydrogen-bond donors (Lipinski definition) is 0. The smallest absolute Gasteiger partial charge is 0.0354 e. The summed E-state index contributed by atoms with van der Waals surface area (Å²) in [5, 5.41) is 8.56. The standard InChI is InChI=1S/C4H10NP/c1-4(2,3)6-5/h6H,1-3H3. The molecule has 0 amide bonds. The molecule has 0 heterocycles. The summed E-state index contributed by atoms with van der Waals surface area (Å²) in [6, 6.07) is 0. The van der Waals surface area contributed by atoms with Crippen molar-refractivity contribution < 1.29 is 0 Å². The molecule has 0 aromatic carbocycles. The van der Waals surface area contributed by atoms with Crippen molar-refractivity contribution in [2.45, 2.75) is 25.9 Å². The molecule has 1 nitrogen and oxygen atoms in total. The van der Waals surface area contributed by atoms with Gasteiger partial charge in [0.1, 0.15) is 0 Å². The first-order valence-corrected chi connectivity index (χ1v) is 2.92. The Morgan fingerprint density at radius 3 is 1.50 bits per heavy atom. The van der Waals surface area contributed by atoms with Crippen molar-refractivity contribution in [2.24, 2.45) is 0 Å². The highest BCUT2D eigenvalue weighted by molar-refractivity contribution is 7.24. The quantitative estimate of drug-likeness (QED) is 0.430. The number of nitrogens with zero attached hydrogens (tertiary/aromatic N) is 1. The Hall–Kier alpha value is 0.0100. The Morgan fingerprint density at radius 2 is 1.50 bits per heavy atom. The van der Waals surface area contributed by atoms with Crippen molar-refractivity contribution in [3.8, 4) is 0 Å². The van der Waals surface area contributed by atoms with Gasteiger partial charge in [-0.2, -0.15) is 0 Å². The van der Waals surface area contributed by atoms with Crippen molar-refractivity contribution in [3.63, 3.8) is 0 Å². The van der Waals surface area contributed by atoms with Crippen LogP contribution in [0.25, 0.3) is 0 Å². The molecule has 36 valence electrons. The second kappa shape index (κ2) is 1.64. The molecule has 0 rings (SSSR count). The highest BCUT2D eigenvalue weighted by atomic mass is 31.0. The van der Waals surface area contributed by atoms with Crippen LogP contribution in [0.15, 0.2) is 0 Å². The molecule has 1 atom stereocenters. The van der Waals surface area contributed by atoms with Crippen LogP contribution < -0.4 is 0 Å². The highest BCUT2D eigenvalue weighted by Gasteiger charge is 2.02. The van der Waals surface area contributed by atoms with Crippen molar-refractivity contribution >= 4 is 8.22 Å². The fourth-order valence-corrected chi connectivity index (χ4v) is 0. The van der Waals surface area contributed by atoms with E-state index < -0.39 is 0 Å². The molecule has 0 aliphatic carbocycles. The van der Waals surface area contributed by atoms with E-state index in [9.17, 15) is 0 Å². The molecule has 1 unspecified atom stereocenters. The summed E-state index contributed by atoms with van der Waals surface area (Å²) in [4.78, 5) is 0. The van der Waals surface area contributed by atoms with E-state index in [4.69, 9.17) is 5.00 Å². The highest BCUT2D eigenvalue weighted by Crippen LogP contribution is 2.16. The molecule has 0 saturated heterocycles. The molecule has 0 aliphatic rings. The minimum atomic E-state index is 0.0671. The average molecular weight is 103 g/mol. The lowest BCUT2D eigenvalue weighted by atomic mass is 10.3. The Bertz CT molecular complexity index is 74.5. The lowest BCUT2D eigenvalue weighted by Crippen LogP contribution is -1.99. The van der Waals surface area contributed by atoms with E-state index in [2.05, 4.69) is 0 Å². The molecule has 0 N–H and O–H groups in total. The van der Waals surface area contributed by atoms with Gasteiger partial charge in [0.25, 0.3) is 0 Å². The summed E-state index contributed by atoms with van der Waals surface area (Å²) in [6.07, 6.45) is 0. The third-order valence-electron chi connectivity index (χ3n) is 0.335. The molecule has 2 heteroatoms. The second-order valence-corrected chi connectivity index (χ2v) is 4.09. The van der Waals surface area contributed by atoms with E-state index in [0.717, 1.165) is 0 Å². The zero-order valence-corrected chi connectivity index (χ0v) is 5.45. The largest absolute Gasteiger partial charge is 0.248 e. The molecule has 0 fully saturated rings. The van der Waals surface area contributed by atoms with E-state index in [1.54, 1.807) is 0 Å². The molecule has 0 spiro atoms. The van der Waals surface area contributed by atoms with E-state index in [0.29, 0.717) is 0 Å². The van der Waals surface area contributed by atoms with Crippen LogP contribution in [0.1, 0.15) is 20.8 Å². The number of hydrogen-bond acceptors (Lipinski definition) is 1. The molecule has 6 heavy (non-hydrogen) atoms. The first-order valence-electron chi connectivity index (χ1n) is 1.97. The van der Waals surface area contributed by atoms with Crippen LogP contribution in [0.3, 0.4) is 0 Å². The van der Waals surface area contributed by atoms with Gasteiger partial charge in [0.05, 0.1) is 0 Å². The minimum absolute atomic E-state index is 0.0671. The predicted molar refractivity (Wildman–Crippen MR) is 29.8 cm³/mol. The fourth-order valence-electron chi connectivity index (χ4n) is 0. The van der Waals surface area contributed by atoms with Crippen LogP contribution in [0, 0.1) is 5.00 Å². The second-order valence-electron chi connectivity index (χ2n) is 2.36. The lowest BCUT2D eigenvalue weighted by Gasteiger charge is -2.03. The van der Waals surface area contributed by atoms with Crippen LogP contribution in [0.5, 0.6) is 0 Å². The van der Waals surface area contributed by atoms with Gasteiger partial charge in [0.2, 0.25) is 0 Å². The van der Waals surface area contributed by atoms with E-state index in [1.165, 1.54) is 0 Å². The molecule has 0 aromatic heterocycles. The molecule has 0 bridgehead atoms. The van der Waals surface area contributed by atoms with E-state index in [-0.39, 0.29) is 13.4 Å². The van der Waals surface area contributed by atoms with Crippen molar-refractivity contribution in [2.75, 3.05) is 0 Å². The Morgan fingerprint density at radius 1 is 1.33 bits per heavy atom. The molecular weight excluding hydrogens is 93.0 g/mol. The monoisotopic (exact) mass is 103 g/mol. The number of rotatable bonds is 0. The normalized spacial score (nSPS) is 12.3. The van der Waals surface area contributed by atoms with Gasteiger partial charge in [-0.15, -0.1) is 0 Å². The predicted octanol–water partition coefficient (Wildman–Crippen LogP) is 1.94. The summed E-state index contributed by atoms with van der Waals surface area (Å²) >= 11 is 0. The Kier molecular flexibility index (Phi) is 1.64. The molecule has 0 aliphatic heterocycles. The van der Waals surface area contributed by atoms with E-state index >= 15 is 0 Å². The van der Waals surface area contributed by atoms with Gasteiger partial charge in [0, 0.05) is 13.4 Å². The van der Waals surface area contributed by atoms with Crippen LogP contribution in [0.2, 0.25) is 0 Å². The average Bonchev–Trinajstić information content (AvgIpc) is 1.35. The zero-order valence-electron chi connectivity index (χ0n) is 4.45. The van der Waals surface area contributed by atoms with Crippen LogP contribution in [-0.2, 0) is 0 Å². The van der Waals surface area contributed by atoms with Crippen LogP contribution in [0.4, 0.5) is 0 Å². The topological polar surface area (TPSA) is 23.8 Å². The first kappa shape index (κ1) is 6.01. The van der Waals surface area contributed by atoms with Gasteiger partial charge in [0.15, 0.2) is 0 Å². The van der Waals surface area contributed by atoms with E-state index in [1.807, 2.05) is 20.8 Å². The van der Waals surface area contributed by atoms with Crippen LogP contribution in [-0.4, -0.2) is 5.16 Å².